The number of carbonyl (C=O) groups excluding carboxylic acids is 2. The summed E-state index contributed by atoms with van der Waals surface area (Å²) in [5.41, 5.74) is -0.280. The molecule has 1 N–H and O–H groups in total. The average Bonchev–Trinajstić information content (AvgIpc) is 3.03. The predicted octanol–water partition coefficient (Wildman–Crippen LogP) is 2.44. The van der Waals surface area contributed by atoms with E-state index in [0.29, 0.717) is 66.1 Å². The van der Waals surface area contributed by atoms with Crippen molar-refractivity contribution in [2.24, 2.45) is 0 Å². The molecule has 0 spiro atoms. The highest BCUT2D eigenvalue weighted by Gasteiger charge is 2.19. The van der Waals surface area contributed by atoms with Crippen molar-refractivity contribution in [3.8, 4) is 0 Å². The van der Waals surface area contributed by atoms with Gasteiger partial charge >= 0.3 is 5.97 Å². The van der Waals surface area contributed by atoms with Gasteiger partial charge in [-0.25, -0.2) is 4.79 Å². The number of benzene rings is 2. The van der Waals surface area contributed by atoms with E-state index in [4.69, 9.17) is 33.2 Å². The fraction of sp³-hybridized carbons (Fsp3) is 0.500. The highest BCUT2D eigenvalue weighted by molar-refractivity contribution is 6.40. The van der Waals surface area contributed by atoms with E-state index in [2.05, 4.69) is 5.32 Å². The van der Waals surface area contributed by atoms with Crippen LogP contribution in [0.5, 0.6) is 0 Å². The Balaban J connectivity index is 1.30. The maximum atomic E-state index is 11.9. The van der Waals surface area contributed by atoms with E-state index >= 15 is 0 Å². The van der Waals surface area contributed by atoms with E-state index in [1.54, 1.807) is 30.3 Å². The molecule has 0 heterocycles. The highest BCUT2D eigenvalue weighted by Crippen LogP contribution is 2.28. The van der Waals surface area contributed by atoms with Crippen LogP contribution in [0.15, 0.2) is 48.5 Å². The third-order valence-electron chi connectivity index (χ3n) is 5.49. The minimum absolute atomic E-state index is 0.0269. The minimum Gasteiger partial charge on any atom is -0.457 e. The summed E-state index contributed by atoms with van der Waals surface area (Å²) in [5.74, 6) is -1.61. The summed E-state index contributed by atoms with van der Waals surface area (Å²) in [4.78, 5) is 44.1. The van der Waals surface area contributed by atoms with E-state index in [9.17, 15) is 29.8 Å². The average molecular weight is 624 g/mol. The molecular weight excluding hydrogens is 586 g/mol. The van der Waals surface area contributed by atoms with Gasteiger partial charge in [-0.1, -0.05) is 30.3 Å². The molecule has 0 bridgehead atoms. The topological polar surface area (TPSA) is 197 Å². The van der Waals surface area contributed by atoms with Gasteiger partial charge in [0.25, 0.3) is 17.2 Å². The van der Waals surface area contributed by atoms with E-state index in [0.717, 1.165) is 6.07 Å². The molecule has 242 valence electrons. The van der Waals surface area contributed by atoms with Gasteiger partial charge in [0.05, 0.1) is 95.2 Å². The summed E-state index contributed by atoms with van der Waals surface area (Å²) in [6, 6.07) is 11.6. The van der Waals surface area contributed by atoms with Gasteiger partial charge in [0.15, 0.2) is 0 Å². The van der Waals surface area contributed by atoms with Crippen molar-refractivity contribution in [1.82, 2.24) is 0 Å². The number of anilines is 1. The van der Waals surface area contributed by atoms with Crippen molar-refractivity contribution in [3.63, 3.8) is 0 Å². The van der Waals surface area contributed by atoms with Gasteiger partial charge in [0, 0.05) is 18.2 Å². The molecule has 0 saturated carbocycles. The van der Waals surface area contributed by atoms with Crippen molar-refractivity contribution in [2.45, 2.75) is 0 Å². The van der Waals surface area contributed by atoms with Gasteiger partial charge in [-0.05, 0) is 6.07 Å². The van der Waals surface area contributed by atoms with E-state index < -0.39 is 21.6 Å². The number of nitro groups is 2. The van der Waals surface area contributed by atoms with E-state index in [1.807, 2.05) is 0 Å². The SMILES string of the molecule is O=C(OCCOCCOCCOCCOCCOCCOCCNc1ccc([N+](=O)[O-])cc1[N+](=O)[O-])C(=O)c1ccccc1. The highest BCUT2D eigenvalue weighted by atomic mass is 16.6. The van der Waals surface area contributed by atoms with Crippen LogP contribution in [0, 0.1) is 20.2 Å². The van der Waals surface area contributed by atoms with Gasteiger partial charge < -0.3 is 38.5 Å². The monoisotopic (exact) mass is 623 g/mol. The summed E-state index contributed by atoms with van der Waals surface area (Å²) in [7, 11) is 0. The first kappa shape index (κ1) is 36.1. The van der Waals surface area contributed by atoms with Gasteiger partial charge in [-0.15, -0.1) is 0 Å². The van der Waals surface area contributed by atoms with Crippen molar-refractivity contribution in [2.75, 3.05) is 97.8 Å². The first-order chi connectivity index (χ1) is 21.4. The smallest absolute Gasteiger partial charge is 0.379 e. The second-order valence-corrected chi connectivity index (χ2v) is 8.65. The Bertz CT molecular complexity index is 1150. The number of ether oxygens (including phenoxy) is 7. The van der Waals surface area contributed by atoms with Gasteiger partial charge in [0.2, 0.25) is 0 Å². The summed E-state index contributed by atoms with van der Waals surface area (Å²) >= 11 is 0. The second kappa shape index (κ2) is 22.5. The molecule has 0 aliphatic heterocycles. The Morgan fingerprint density at radius 2 is 1.09 bits per heavy atom. The van der Waals surface area contributed by atoms with Crippen molar-refractivity contribution >= 4 is 28.8 Å². The Morgan fingerprint density at radius 3 is 1.57 bits per heavy atom. The molecule has 0 aromatic heterocycles. The molecule has 0 aliphatic rings. The lowest BCUT2D eigenvalue weighted by Gasteiger charge is -2.09. The summed E-state index contributed by atoms with van der Waals surface area (Å²) in [5, 5.41) is 24.7. The van der Waals surface area contributed by atoms with Crippen LogP contribution in [0.3, 0.4) is 0 Å². The largest absolute Gasteiger partial charge is 0.457 e. The van der Waals surface area contributed by atoms with Gasteiger partial charge in [-0.3, -0.25) is 25.0 Å². The number of Topliss-reactive ketones (excluding diaryl/α,β-unsaturated/α-hetero) is 1. The Kier molecular flexibility index (Phi) is 18.5. The van der Waals surface area contributed by atoms with Crippen LogP contribution < -0.4 is 5.32 Å². The second-order valence-electron chi connectivity index (χ2n) is 8.65. The standard InChI is InChI=1S/C28H37N3O13/c32-27(23-4-2-1-3-5-23)28(33)44-21-20-43-19-18-42-17-16-41-15-14-40-13-12-39-11-10-38-9-8-29-25-7-6-24(30(34)35)22-26(25)31(36)37/h1-7,22,29H,8-21H2. The lowest BCUT2D eigenvalue weighted by atomic mass is 10.1. The molecule has 0 aliphatic carbocycles. The summed E-state index contributed by atoms with van der Waals surface area (Å²) in [6.45, 7) is 4.32. The van der Waals surface area contributed by atoms with Gasteiger partial charge in [0.1, 0.15) is 12.3 Å². The number of nitrogens with zero attached hydrogens (tertiary/aromatic N) is 2. The zero-order valence-electron chi connectivity index (χ0n) is 24.2. The zero-order valence-corrected chi connectivity index (χ0v) is 24.2. The van der Waals surface area contributed by atoms with Crippen LogP contribution in [0.4, 0.5) is 17.1 Å². The Hall–Kier alpha value is -4.06. The fourth-order valence-corrected chi connectivity index (χ4v) is 3.36. The van der Waals surface area contributed by atoms with Crippen LogP contribution in [0.1, 0.15) is 10.4 Å². The molecule has 16 nitrogen and oxygen atoms in total. The summed E-state index contributed by atoms with van der Waals surface area (Å²) in [6.07, 6.45) is 0. The summed E-state index contributed by atoms with van der Waals surface area (Å²) < 4.78 is 37.2. The quantitative estimate of drug-likeness (QED) is 0.0400. The minimum atomic E-state index is -0.918. The molecule has 2 aromatic rings. The number of hydrogen-bond donors (Lipinski definition) is 1. The first-order valence-electron chi connectivity index (χ1n) is 13.8. The zero-order chi connectivity index (χ0) is 31.8. The maximum Gasteiger partial charge on any atom is 0.379 e. The van der Waals surface area contributed by atoms with Gasteiger partial charge in [-0.2, -0.15) is 0 Å². The third-order valence-corrected chi connectivity index (χ3v) is 5.49. The van der Waals surface area contributed by atoms with Crippen LogP contribution in [-0.2, 0) is 38.0 Å². The van der Waals surface area contributed by atoms with Crippen LogP contribution in [-0.4, -0.2) is 114 Å². The van der Waals surface area contributed by atoms with Crippen molar-refractivity contribution in [1.29, 1.82) is 0 Å². The Morgan fingerprint density at radius 1 is 0.614 bits per heavy atom. The maximum absolute atomic E-state index is 11.9. The predicted molar refractivity (Wildman–Crippen MR) is 155 cm³/mol. The number of hydrogen-bond acceptors (Lipinski definition) is 14. The van der Waals surface area contributed by atoms with Crippen molar-refractivity contribution < 1.29 is 52.6 Å². The number of carbonyl (C=O) groups is 2. The third kappa shape index (κ3) is 15.4. The molecule has 16 heteroatoms. The van der Waals surface area contributed by atoms with E-state index in [-0.39, 0.29) is 49.0 Å². The molecule has 0 amide bonds. The Labute approximate surface area is 253 Å². The molecular formula is C28H37N3O13. The number of ketones is 1. The number of rotatable bonds is 26. The molecule has 0 saturated heterocycles. The molecule has 2 aromatic carbocycles. The van der Waals surface area contributed by atoms with Crippen LogP contribution >= 0.6 is 0 Å². The van der Waals surface area contributed by atoms with Crippen LogP contribution in [0.25, 0.3) is 0 Å². The molecule has 2 rings (SSSR count). The van der Waals surface area contributed by atoms with E-state index in [1.165, 1.54) is 12.1 Å². The number of nitrogens with one attached hydrogen (secondary N) is 1. The molecule has 0 fully saturated rings. The fourth-order valence-electron chi connectivity index (χ4n) is 3.36. The lowest BCUT2D eigenvalue weighted by Crippen LogP contribution is -2.20. The number of non-ortho nitro benzene ring substituents is 1. The molecule has 44 heavy (non-hydrogen) atoms. The van der Waals surface area contributed by atoms with Crippen molar-refractivity contribution in [3.05, 3.63) is 74.3 Å². The molecule has 0 radical (unpaired) electrons. The number of nitro benzene ring substituents is 2. The molecule has 0 unspecified atom stereocenters. The lowest BCUT2D eigenvalue weighted by molar-refractivity contribution is -0.393. The number of esters is 1. The first-order valence-corrected chi connectivity index (χ1v) is 13.8. The van der Waals surface area contributed by atoms with Crippen LogP contribution in [0.2, 0.25) is 0 Å². The normalized spacial score (nSPS) is 10.8. The molecule has 0 atom stereocenters.